The van der Waals surface area contributed by atoms with Crippen LogP contribution in [0, 0.1) is 0 Å². The quantitative estimate of drug-likeness (QED) is 0.822. The summed E-state index contributed by atoms with van der Waals surface area (Å²) in [5, 5.41) is 4.83. The minimum Gasteiger partial charge on any atom is -0.312 e. The van der Waals surface area contributed by atoms with E-state index in [0.29, 0.717) is 5.15 Å². The summed E-state index contributed by atoms with van der Waals surface area (Å²) in [6.45, 7) is 1.99. The molecule has 2 nitrogen and oxygen atoms in total. The molecule has 0 aromatic carbocycles. The summed E-state index contributed by atoms with van der Waals surface area (Å²) < 4.78 is 0. The van der Waals surface area contributed by atoms with E-state index in [9.17, 15) is 0 Å². The number of rotatable bonds is 4. The fourth-order valence-corrected chi connectivity index (χ4v) is 3.04. The van der Waals surface area contributed by atoms with Gasteiger partial charge in [0.1, 0.15) is 5.15 Å². The predicted octanol–water partition coefficient (Wildman–Crippen LogP) is 2.72. The number of halogens is 1. The van der Waals surface area contributed by atoms with Crippen LogP contribution in [0.15, 0.2) is 18.3 Å². The molecule has 0 saturated carbocycles. The van der Waals surface area contributed by atoms with Crippen molar-refractivity contribution in [1.29, 1.82) is 0 Å². The van der Waals surface area contributed by atoms with Crippen LogP contribution in [0.2, 0.25) is 5.15 Å². The minimum atomic E-state index is 0.560. The van der Waals surface area contributed by atoms with Crippen LogP contribution in [0.5, 0.6) is 0 Å². The normalized spacial score (nSPS) is 20.7. The summed E-state index contributed by atoms with van der Waals surface area (Å²) in [5.74, 6) is 1.33. The van der Waals surface area contributed by atoms with E-state index in [1.165, 1.54) is 24.2 Å². The molecule has 1 aliphatic heterocycles. The highest BCUT2D eigenvalue weighted by atomic mass is 35.5. The molecule has 0 amide bonds. The minimum absolute atomic E-state index is 0.560. The molecule has 2 rings (SSSR count). The van der Waals surface area contributed by atoms with E-state index in [4.69, 9.17) is 11.6 Å². The Hall–Kier alpha value is -0.250. The van der Waals surface area contributed by atoms with Crippen LogP contribution in [0.3, 0.4) is 0 Å². The Kier molecular flexibility index (Phi) is 4.29. The third-order valence-corrected chi connectivity index (χ3v) is 4.14. The Labute approximate surface area is 99.8 Å². The van der Waals surface area contributed by atoms with Crippen LogP contribution in [-0.2, 0) is 6.54 Å². The van der Waals surface area contributed by atoms with Gasteiger partial charge < -0.3 is 5.32 Å². The van der Waals surface area contributed by atoms with Crippen LogP contribution in [0.25, 0.3) is 0 Å². The maximum absolute atomic E-state index is 5.71. The smallest absolute Gasteiger partial charge is 0.129 e. The largest absolute Gasteiger partial charge is 0.312 e. The first kappa shape index (κ1) is 11.2. The molecule has 0 spiro atoms. The molecule has 1 atom stereocenters. The molecule has 1 N–H and O–H groups in total. The van der Waals surface area contributed by atoms with E-state index in [1.54, 1.807) is 0 Å². The molecule has 1 unspecified atom stereocenters. The van der Waals surface area contributed by atoms with Crippen LogP contribution in [0.1, 0.15) is 18.4 Å². The van der Waals surface area contributed by atoms with Gasteiger partial charge in [0.15, 0.2) is 0 Å². The predicted molar refractivity (Wildman–Crippen MR) is 66.4 cm³/mol. The Morgan fingerprint density at radius 2 is 2.47 bits per heavy atom. The van der Waals surface area contributed by atoms with Crippen molar-refractivity contribution in [2.24, 2.45) is 0 Å². The monoisotopic (exact) mass is 242 g/mol. The van der Waals surface area contributed by atoms with Crippen molar-refractivity contribution in [2.75, 3.05) is 12.3 Å². The summed E-state index contributed by atoms with van der Waals surface area (Å²) >= 11 is 7.80. The zero-order chi connectivity index (χ0) is 10.5. The lowest BCUT2D eigenvalue weighted by atomic mass is 10.2. The highest BCUT2D eigenvalue weighted by molar-refractivity contribution is 8.00. The van der Waals surface area contributed by atoms with Gasteiger partial charge in [-0.1, -0.05) is 17.7 Å². The van der Waals surface area contributed by atoms with Crippen LogP contribution in [-0.4, -0.2) is 22.5 Å². The number of aromatic nitrogens is 1. The summed E-state index contributed by atoms with van der Waals surface area (Å²) in [4.78, 5) is 4.05. The average Bonchev–Trinajstić information content (AvgIpc) is 2.74. The van der Waals surface area contributed by atoms with Crippen LogP contribution in [0.4, 0.5) is 0 Å². The van der Waals surface area contributed by atoms with Crippen molar-refractivity contribution in [3.05, 3.63) is 29.0 Å². The van der Waals surface area contributed by atoms with Gasteiger partial charge in [-0.3, -0.25) is 0 Å². The van der Waals surface area contributed by atoms with Crippen molar-refractivity contribution >= 4 is 23.4 Å². The Balaban J connectivity index is 1.71. The molecule has 4 heteroatoms. The number of nitrogens with zero attached hydrogens (tertiary/aromatic N) is 1. The topological polar surface area (TPSA) is 24.9 Å². The van der Waals surface area contributed by atoms with Gasteiger partial charge in [-0.15, -0.1) is 0 Å². The number of hydrogen-bond donors (Lipinski definition) is 1. The van der Waals surface area contributed by atoms with Crippen LogP contribution < -0.4 is 5.32 Å². The zero-order valence-corrected chi connectivity index (χ0v) is 10.2. The molecular formula is C11H15ClN2S. The molecule has 1 aromatic heterocycles. The van der Waals surface area contributed by atoms with E-state index >= 15 is 0 Å². The third-order valence-electron chi connectivity index (χ3n) is 2.51. The Morgan fingerprint density at radius 1 is 1.53 bits per heavy atom. The van der Waals surface area contributed by atoms with Gasteiger partial charge in [-0.2, -0.15) is 11.8 Å². The van der Waals surface area contributed by atoms with E-state index in [-0.39, 0.29) is 0 Å². The molecule has 1 aliphatic rings. The second-order valence-electron chi connectivity index (χ2n) is 3.76. The van der Waals surface area contributed by atoms with E-state index < -0.39 is 0 Å². The van der Waals surface area contributed by atoms with Crippen molar-refractivity contribution in [3.8, 4) is 0 Å². The summed E-state index contributed by atoms with van der Waals surface area (Å²) in [7, 11) is 0. The van der Waals surface area contributed by atoms with Crippen molar-refractivity contribution in [3.63, 3.8) is 0 Å². The van der Waals surface area contributed by atoms with Gasteiger partial charge in [0.2, 0.25) is 0 Å². The summed E-state index contributed by atoms with van der Waals surface area (Å²) in [5.41, 5.74) is 1.20. The maximum atomic E-state index is 5.71. The molecule has 0 bridgehead atoms. The number of hydrogen-bond acceptors (Lipinski definition) is 3. The van der Waals surface area contributed by atoms with Gasteiger partial charge in [0.05, 0.1) is 0 Å². The van der Waals surface area contributed by atoms with Gasteiger partial charge in [-0.25, -0.2) is 4.98 Å². The van der Waals surface area contributed by atoms with Crippen molar-refractivity contribution in [1.82, 2.24) is 10.3 Å². The molecule has 1 fully saturated rings. The molecule has 2 heterocycles. The second-order valence-corrected chi connectivity index (χ2v) is 5.55. The second kappa shape index (κ2) is 5.73. The Bertz CT molecular complexity index is 296. The maximum Gasteiger partial charge on any atom is 0.129 e. The lowest BCUT2D eigenvalue weighted by molar-refractivity contribution is 0.645. The summed E-state index contributed by atoms with van der Waals surface area (Å²) in [6.07, 6.45) is 4.56. The van der Waals surface area contributed by atoms with Gasteiger partial charge in [0, 0.05) is 24.5 Å². The van der Waals surface area contributed by atoms with Crippen molar-refractivity contribution in [2.45, 2.75) is 24.6 Å². The molecule has 1 aromatic rings. The lowest BCUT2D eigenvalue weighted by Gasteiger charge is -2.09. The molecule has 0 radical (unpaired) electrons. The lowest BCUT2D eigenvalue weighted by Crippen LogP contribution is -2.22. The SMILES string of the molecule is Clc1ccc(CNCC2CCCS2)cn1. The fraction of sp³-hybridized carbons (Fsp3) is 0.545. The van der Waals surface area contributed by atoms with Gasteiger partial charge >= 0.3 is 0 Å². The Morgan fingerprint density at radius 3 is 3.13 bits per heavy atom. The molecule has 1 saturated heterocycles. The first-order valence-corrected chi connectivity index (χ1v) is 6.70. The molecule has 82 valence electrons. The number of thioether (sulfide) groups is 1. The molecular weight excluding hydrogens is 228 g/mol. The third kappa shape index (κ3) is 3.67. The summed E-state index contributed by atoms with van der Waals surface area (Å²) in [6, 6.07) is 3.85. The fourth-order valence-electron chi connectivity index (χ4n) is 1.69. The average molecular weight is 243 g/mol. The van der Waals surface area contributed by atoms with Crippen LogP contribution >= 0.6 is 23.4 Å². The first-order chi connectivity index (χ1) is 7.34. The van der Waals surface area contributed by atoms with Gasteiger partial charge in [-0.05, 0) is 30.2 Å². The first-order valence-electron chi connectivity index (χ1n) is 5.27. The van der Waals surface area contributed by atoms with Crippen molar-refractivity contribution < 1.29 is 0 Å². The van der Waals surface area contributed by atoms with E-state index in [2.05, 4.69) is 22.1 Å². The molecule has 0 aliphatic carbocycles. The van der Waals surface area contributed by atoms with E-state index in [1.807, 2.05) is 18.3 Å². The number of nitrogens with one attached hydrogen (secondary N) is 1. The molecule has 15 heavy (non-hydrogen) atoms. The zero-order valence-electron chi connectivity index (χ0n) is 8.58. The standard InChI is InChI=1S/C11H15ClN2S/c12-11-4-3-9(7-14-11)6-13-8-10-2-1-5-15-10/h3-4,7,10,13H,1-2,5-6,8H2. The van der Waals surface area contributed by atoms with Gasteiger partial charge in [0.25, 0.3) is 0 Å². The number of pyridine rings is 1. The van der Waals surface area contributed by atoms with E-state index in [0.717, 1.165) is 18.3 Å². The highest BCUT2D eigenvalue weighted by Gasteiger charge is 2.14. The highest BCUT2D eigenvalue weighted by Crippen LogP contribution is 2.25.